The highest BCUT2D eigenvalue weighted by atomic mass is 79.9. The minimum Gasteiger partial charge on any atom is -0.455 e. The van der Waals surface area contributed by atoms with Crippen LogP contribution >= 0.6 is 15.9 Å². The van der Waals surface area contributed by atoms with Gasteiger partial charge in [-0.3, -0.25) is 19.2 Å². The van der Waals surface area contributed by atoms with Crippen LogP contribution in [0.15, 0.2) is 55.6 Å². The molecule has 10 atom stereocenters. The summed E-state index contributed by atoms with van der Waals surface area (Å²) in [7, 11) is 0. The molecule has 1 aromatic carbocycles. The molecule has 1 aromatic rings. The first-order valence-corrected chi connectivity index (χ1v) is 17.9. The Balaban J connectivity index is 1.77. The Morgan fingerprint density at radius 2 is 1.88 bits per heavy atom. The summed E-state index contributed by atoms with van der Waals surface area (Å²) in [5, 5.41) is 13.6. The molecule has 264 valence electrons. The van der Waals surface area contributed by atoms with E-state index in [0.717, 1.165) is 0 Å². The van der Waals surface area contributed by atoms with Crippen LogP contribution in [0.5, 0.6) is 0 Å². The monoisotopic (exact) mass is 729 g/mol. The van der Waals surface area contributed by atoms with Crippen molar-refractivity contribution in [1.29, 1.82) is 0 Å². The van der Waals surface area contributed by atoms with Crippen LogP contribution in [0.2, 0.25) is 0 Å². The number of carbonyl (C=O) groups is 4. The van der Waals surface area contributed by atoms with Crippen molar-refractivity contribution < 1.29 is 33.8 Å². The molecule has 1 spiro atoms. The van der Waals surface area contributed by atoms with E-state index >= 15 is 0 Å². The van der Waals surface area contributed by atoms with E-state index in [1.807, 2.05) is 65.0 Å². The van der Waals surface area contributed by atoms with E-state index in [-0.39, 0.29) is 42.1 Å². The first-order valence-electron chi connectivity index (χ1n) is 17.0. The number of esters is 1. The van der Waals surface area contributed by atoms with Gasteiger partial charge < -0.3 is 29.7 Å². The Hall–Kier alpha value is -3.02. The minimum atomic E-state index is -1.32. The van der Waals surface area contributed by atoms with Crippen molar-refractivity contribution >= 4 is 39.6 Å². The second-order valence-electron chi connectivity index (χ2n) is 14.4. The van der Waals surface area contributed by atoms with Gasteiger partial charge in [-0.15, -0.1) is 13.2 Å². The van der Waals surface area contributed by atoms with E-state index in [9.17, 15) is 24.3 Å². The first kappa shape index (κ1) is 37.8. The molecule has 3 heterocycles. The molecule has 2 N–H and O–H groups in total. The van der Waals surface area contributed by atoms with Crippen molar-refractivity contribution in [2.45, 2.75) is 114 Å². The van der Waals surface area contributed by atoms with Crippen LogP contribution in [-0.4, -0.2) is 91.9 Å². The molecule has 3 fully saturated rings. The third-order valence-electron chi connectivity index (χ3n) is 10.3. The van der Waals surface area contributed by atoms with Crippen LogP contribution in [0.3, 0.4) is 0 Å². The largest absolute Gasteiger partial charge is 0.455 e. The van der Waals surface area contributed by atoms with E-state index in [0.29, 0.717) is 24.8 Å². The number of aliphatic hydroxyl groups excluding tert-OH is 1. The van der Waals surface area contributed by atoms with Crippen molar-refractivity contribution in [3.63, 3.8) is 0 Å². The number of fused-ring (bicyclic) bond motifs is 1. The number of benzene rings is 1. The predicted octanol–water partition coefficient (Wildman–Crippen LogP) is 4.71. The van der Waals surface area contributed by atoms with E-state index in [2.05, 4.69) is 34.4 Å². The lowest BCUT2D eigenvalue weighted by molar-refractivity contribution is -0.163. The van der Waals surface area contributed by atoms with Crippen LogP contribution < -0.4 is 5.32 Å². The zero-order valence-electron chi connectivity index (χ0n) is 29.1. The Morgan fingerprint density at radius 3 is 2.44 bits per heavy atom. The van der Waals surface area contributed by atoms with Gasteiger partial charge in [-0.25, -0.2) is 0 Å². The number of carbonyl (C=O) groups excluding carboxylic acids is 4. The number of alkyl halides is 1. The third kappa shape index (κ3) is 7.01. The number of nitrogens with zero attached hydrogens (tertiary/aromatic N) is 2. The summed E-state index contributed by atoms with van der Waals surface area (Å²) >= 11 is 3.73. The number of hydrogen-bond donors (Lipinski definition) is 2. The van der Waals surface area contributed by atoms with E-state index in [1.54, 1.807) is 24.0 Å². The summed E-state index contributed by atoms with van der Waals surface area (Å²) in [4.78, 5) is 59.5. The molecule has 0 aromatic heterocycles. The zero-order chi connectivity index (χ0) is 35.6. The number of aliphatic hydroxyl groups is 1. The maximum atomic E-state index is 14.8. The van der Waals surface area contributed by atoms with Gasteiger partial charge in [-0.05, 0) is 52.0 Å². The average Bonchev–Trinajstić information content (AvgIpc) is 3.64. The average molecular weight is 731 g/mol. The second-order valence-corrected chi connectivity index (χ2v) is 15.6. The summed E-state index contributed by atoms with van der Waals surface area (Å²) in [6.07, 6.45) is 3.49. The van der Waals surface area contributed by atoms with Gasteiger partial charge in [0.2, 0.25) is 17.7 Å². The lowest BCUT2D eigenvalue weighted by atomic mass is 9.70. The Morgan fingerprint density at radius 1 is 1.21 bits per heavy atom. The Labute approximate surface area is 293 Å². The smallest absolute Gasteiger partial charge is 0.313 e. The van der Waals surface area contributed by atoms with Crippen LogP contribution in [0.1, 0.15) is 78.9 Å². The fourth-order valence-corrected chi connectivity index (χ4v) is 8.64. The van der Waals surface area contributed by atoms with Gasteiger partial charge in [0.15, 0.2) is 0 Å². The van der Waals surface area contributed by atoms with Gasteiger partial charge in [0.1, 0.15) is 17.7 Å². The molecule has 4 rings (SSSR count). The molecule has 3 aliphatic heterocycles. The number of ether oxygens (including phenoxy) is 2. The van der Waals surface area contributed by atoms with Crippen molar-refractivity contribution in [3.05, 3.63) is 61.2 Å². The molecule has 11 heteroatoms. The summed E-state index contributed by atoms with van der Waals surface area (Å²) in [6.45, 7) is 18.9. The first-order chi connectivity index (χ1) is 22.7. The Kier molecular flexibility index (Phi) is 12.0. The molecule has 48 heavy (non-hydrogen) atoms. The SMILES string of the molecule is C=CCCC(=O)N[C@H](C)[C@@H](OC(=O)[C@@H]1[C@H]2O[C@@]3(CC2Br)[C@H](C(=O)N(CC=C)C(C)(C)C)N([C@@H](CO)[C@@H](C)CC)C(=O)[C@@H]13)c1ccccc1. The molecule has 0 aliphatic carbocycles. The molecule has 0 saturated carbocycles. The fourth-order valence-electron chi connectivity index (χ4n) is 7.70. The zero-order valence-corrected chi connectivity index (χ0v) is 30.6. The highest BCUT2D eigenvalue weighted by Gasteiger charge is 2.78. The molecule has 3 saturated heterocycles. The van der Waals surface area contributed by atoms with Gasteiger partial charge in [0, 0.05) is 23.3 Å². The molecule has 10 nitrogen and oxygen atoms in total. The molecular weight excluding hydrogens is 678 g/mol. The normalized spacial score (nSPS) is 28.6. The number of allylic oxidation sites excluding steroid dienone is 1. The number of likely N-dealkylation sites (tertiary alicyclic amines) is 1. The highest BCUT2D eigenvalue weighted by molar-refractivity contribution is 9.09. The van der Waals surface area contributed by atoms with Crippen LogP contribution in [0, 0.1) is 17.8 Å². The van der Waals surface area contributed by atoms with Crippen molar-refractivity contribution in [3.8, 4) is 0 Å². The third-order valence-corrected chi connectivity index (χ3v) is 11.1. The topological polar surface area (TPSA) is 125 Å². The van der Waals surface area contributed by atoms with Gasteiger partial charge in [-0.1, -0.05) is 78.7 Å². The van der Waals surface area contributed by atoms with Gasteiger partial charge in [-0.2, -0.15) is 0 Å². The molecule has 3 amide bonds. The van der Waals surface area contributed by atoms with Crippen LogP contribution in [-0.2, 0) is 28.7 Å². The van der Waals surface area contributed by atoms with Crippen molar-refractivity contribution in [2.75, 3.05) is 13.2 Å². The lowest BCUT2D eigenvalue weighted by Gasteiger charge is -2.44. The number of halogens is 1. The van der Waals surface area contributed by atoms with Crippen molar-refractivity contribution in [2.24, 2.45) is 17.8 Å². The summed E-state index contributed by atoms with van der Waals surface area (Å²) < 4.78 is 13.0. The standard InChI is InChI=1S/C37H52BrN3O7/c1-9-12-18-27(43)39-23(5)30(24-16-14-13-15-17-24)47-35(46)28-29-33(44)41(26(21-42)22(4)11-3)32(37(29)20-25(38)31(28)48-37)34(45)40(19-10-2)36(6,7)8/h9-10,13-17,22-23,25-26,28-32,42H,1-2,11-12,18-21H2,3-8H3,(H,39,43)/t22-,23+,25?,26-,28-,29+,30+,31-,32-,37+/m0/s1. The lowest BCUT2D eigenvalue weighted by Crippen LogP contribution is -2.62. The van der Waals surface area contributed by atoms with Gasteiger partial charge in [0.05, 0.1) is 36.6 Å². The number of hydrogen-bond acceptors (Lipinski definition) is 7. The highest BCUT2D eigenvalue weighted by Crippen LogP contribution is 2.61. The number of amides is 3. The molecule has 3 aliphatic rings. The predicted molar refractivity (Wildman–Crippen MR) is 187 cm³/mol. The van der Waals surface area contributed by atoms with Gasteiger partial charge >= 0.3 is 5.97 Å². The summed E-state index contributed by atoms with van der Waals surface area (Å²) in [5.74, 6) is -3.71. The Bertz CT molecular complexity index is 1370. The second kappa shape index (κ2) is 15.3. The van der Waals surface area contributed by atoms with E-state index < -0.39 is 65.2 Å². The number of nitrogens with one attached hydrogen (secondary N) is 1. The minimum absolute atomic E-state index is 0.137. The molecular formula is C37H52BrN3O7. The van der Waals surface area contributed by atoms with Crippen LogP contribution in [0.25, 0.3) is 0 Å². The summed E-state index contributed by atoms with van der Waals surface area (Å²) in [5.41, 5.74) is -1.25. The maximum absolute atomic E-state index is 14.8. The molecule has 2 bridgehead atoms. The molecule has 0 radical (unpaired) electrons. The van der Waals surface area contributed by atoms with E-state index in [1.165, 1.54) is 4.90 Å². The quantitative estimate of drug-likeness (QED) is 0.152. The number of rotatable bonds is 15. The van der Waals surface area contributed by atoms with Crippen LogP contribution in [0.4, 0.5) is 0 Å². The molecule has 1 unspecified atom stereocenters. The van der Waals surface area contributed by atoms with Gasteiger partial charge in [0.25, 0.3) is 0 Å². The van der Waals surface area contributed by atoms with Crippen molar-refractivity contribution in [1.82, 2.24) is 15.1 Å². The fraction of sp³-hybridized carbons (Fsp3) is 0.622. The maximum Gasteiger partial charge on any atom is 0.313 e. The summed E-state index contributed by atoms with van der Waals surface area (Å²) in [6, 6.07) is 6.83. The van der Waals surface area contributed by atoms with E-state index in [4.69, 9.17) is 9.47 Å².